The topological polar surface area (TPSA) is 71.2 Å². The molecule has 31 heavy (non-hydrogen) atoms. The van der Waals surface area contributed by atoms with Crippen LogP contribution >= 0.6 is 0 Å². The van der Waals surface area contributed by atoms with Crippen molar-refractivity contribution in [3.63, 3.8) is 0 Å². The van der Waals surface area contributed by atoms with Crippen molar-refractivity contribution in [2.24, 2.45) is 0 Å². The van der Waals surface area contributed by atoms with Crippen LogP contribution in [0.25, 0.3) is 16.9 Å². The van der Waals surface area contributed by atoms with Crippen molar-refractivity contribution >= 4 is 22.8 Å². The van der Waals surface area contributed by atoms with E-state index in [1.165, 1.54) is 25.3 Å². The van der Waals surface area contributed by atoms with Gasteiger partial charge in [-0.15, -0.1) is 0 Å². The summed E-state index contributed by atoms with van der Waals surface area (Å²) in [6, 6.07) is 8.55. The van der Waals surface area contributed by atoms with E-state index in [1.54, 1.807) is 41.4 Å². The summed E-state index contributed by atoms with van der Waals surface area (Å²) in [7, 11) is 0. The number of pyridine rings is 2. The number of hydrogen-bond donors (Lipinski definition) is 1. The molecule has 0 atom stereocenters. The van der Waals surface area contributed by atoms with Gasteiger partial charge in [0.05, 0.1) is 29.3 Å². The predicted molar refractivity (Wildman–Crippen MR) is 121 cm³/mol. The zero-order valence-corrected chi connectivity index (χ0v) is 17.8. The fraction of sp³-hybridized carbons (Fsp3) is 0.304. The molecule has 0 saturated carbocycles. The Morgan fingerprint density at radius 2 is 1.77 bits per heavy atom. The van der Waals surface area contributed by atoms with Gasteiger partial charge in [-0.25, -0.2) is 9.37 Å². The fourth-order valence-electron chi connectivity index (χ4n) is 3.68. The van der Waals surface area contributed by atoms with Crippen molar-refractivity contribution in [2.45, 2.75) is 33.1 Å². The molecule has 1 N–H and O–H groups in total. The summed E-state index contributed by atoms with van der Waals surface area (Å²) in [5.41, 5.74) is 3.43. The number of piperidine rings is 1. The molecule has 5 heterocycles. The average Bonchev–Trinajstić information content (AvgIpc) is 3.23. The third-order valence-electron chi connectivity index (χ3n) is 5.13. The largest absolute Gasteiger partial charge is 0.370 e. The maximum absolute atomic E-state index is 14.2. The quantitative estimate of drug-likeness (QED) is 0.497. The van der Waals surface area contributed by atoms with E-state index in [1.807, 2.05) is 26.0 Å². The van der Waals surface area contributed by atoms with E-state index >= 15 is 0 Å². The van der Waals surface area contributed by atoms with Crippen LogP contribution in [0, 0.1) is 5.82 Å². The highest BCUT2D eigenvalue weighted by atomic mass is 19.1. The Morgan fingerprint density at radius 3 is 2.58 bits per heavy atom. The van der Waals surface area contributed by atoms with E-state index in [2.05, 4.69) is 30.3 Å². The Kier molecular flexibility index (Phi) is 6.35. The lowest BCUT2D eigenvalue weighted by atomic mass is 10.1. The molecule has 0 spiro atoms. The van der Waals surface area contributed by atoms with E-state index in [9.17, 15) is 4.39 Å². The highest BCUT2D eigenvalue weighted by Gasteiger charge is 2.17. The second kappa shape index (κ2) is 9.51. The number of hydrogen-bond acceptors (Lipinski definition) is 6. The minimum atomic E-state index is -0.409. The van der Waals surface area contributed by atoms with E-state index in [0.717, 1.165) is 30.0 Å². The minimum absolute atomic E-state index is 0.212. The van der Waals surface area contributed by atoms with Gasteiger partial charge in [0, 0.05) is 25.5 Å². The Morgan fingerprint density at radius 1 is 0.935 bits per heavy atom. The number of halogens is 1. The molecule has 0 bridgehead atoms. The first-order valence-electron chi connectivity index (χ1n) is 10.7. The Bertz CT molecular complexity index is 1150. The summed E-state index contributed by atoms with van der Waals surface area (Å²) >= 11 is 0. The number of imidazole rings is 1. The van der Waals surface area contributed by atoms with Gasteiger partial charge in [-0.1, -0.05) is 13.8 Å². The predicted octanol–water partition coefficient (Wildman–Crippen LogP) is 5.09. The van der Waals surface area contributed by atoms with Gasteiger partial charge in [0.15, 0.2) is 5.82 Å². The summed E-state index contributed by atoms with van der Waals surface area (Å²) in [6.07, 6.45) is 10.5. The monoisotopic (exact) mass is 419 g/mol. The molecular formula is C23H26FN7. The zero-order chi connectivity index (χ0) is 21.6. The molecule has 1 saturated heterocycles. The first-order valence-corrected chi connectivity index (χ1v) is 10.7. The molecule has 8 heteroatoms. The van der Waals surface area contributed by atoms with E-state index < -0.39 is 5.82 Å². The molecule has 1 aliphatic rings. The van der Waals surface area contributed by atoms with Gasteiger partial charge in [0.1, 0.15) is 11.4 Å². The lowest BCUT2D eigenvalue weighted by Crippen LogP contribution is -2.30. The van der Waals surface area contributed by atoms with Crippen LogP contribution in [-0.2, 0) is 0 Å². The van der Waals surface area contributed by atoms with Gasteiger partial charge in [-0.3, -0.25) is 9.97 Å². The number of nitrogens with zero attached hydrogens (tertiary/aromatic N) is 6. The second-order valence-corrected chi connectivity index (χ2v) is 7.04. The summed E-state index contributed by atoms with van der Waals surface area (Å²) in [6.45, 7) is 6.06. The van der Waals surface area contributed by atoms with Crippen molar-refractivity contribution < 1.29 is 4.39 Å². The van der Waals surface area contributed by atoms with E-state index in [4.69, 9.17) is 0 Å². The summed E-state index contributed by atoms with van der Waals surface area (Å²) < 4.78 is 15.8. The standard InChI is InChI=1S/C21H20FN7.C2H6/c22-16-5-4-9-24-20(16)17-7-6-15-13-25-21(29(15)27-17)26-18-14-23-10-8-19(18)28-11-2-1-3-12-28;1-2/h4-10,13-14H,1-3,11-12H2,(H,25,26);1-2H3. The van der Waals surface area contributed by atoms with Crippen LogP contribution in [0.5, 0.6) is 0 Å². The van der Waals surface area contributed by atoms with Gasteiger partial charge in [-0.05, 0) is 49.6 Å². The molecule has 0 aliphatic carbocycles. The summed E-state index contributed by atoms with van der Waals surface area (Å²) in [5, 5.41) is 7.92. The molecule has 4 aromatic rings. The van der Waals surface area contributed by atoms with Gasteiger partial charge >= 0.3 is 0 Å². The van der Waals surface area contributed by atoms with E-state index in [-0.39, 0.29) is 5.69 Å². The summed E-state index contributed by atoms with van der Waals surface area (Å²) in [4.78, 5) is 15.2. The molecule has 7 nitrogen and oxygen atoms in total. The number of aromatic nitrogens is 5. The third kappa shape index (κ3) is 4.33. The van der Waals surface area contributed by atoms with Gasteiger partial charge < -0.3 is 10.2 Å². The fourth-order valence-corrected chi connectivity index (χ4v) is 3.68. The number of nitrogens with one attached hydrogen (secondary N) is 1. The van der Waals surface area contributed by atoms with Gasteiger partial charge in [0.25, 0.3) is 0 Å². The Hall–Kier alpha value is -3.55. The highest BCUT2D eigenvalue weighted by molar-refractivity contribution is 5.73. The molecule has 0 amide bonds. The lowest BCUT2D eigenvalue weighted by molar-refractivity contribution is 0.578. The smallest absolute Gasteiger partial charge is 0.229 e. The Balaban J connectivity index is 0.00000112. The van der Waals surface area contributed by atoms with Crippen LogP contribution in [0.1, 0.15) is 33.1 Å². The van der Waals surface area contributed by atoms with Crippen LogP contribution < -0.4 is 10.2 Å². The lowest BCUT2D eigenvalue weighted by Gasteiger charge is -2.30. The molecule has 160 valence electrons. The SMILES string of the molecule is CC.Fc1cccnc1-c1ccc2cnc(Nc3cnccc3N3CCCCC3)n2n1. The van der Waals surface area contributed by atoms with Gasteiger partial charge in [0.2, 0.25) is 5.95 Å². The third-order valence-corrected chi connectivity index (χ3v) is 5.13. The highest BCUT2D eigenvalue weighted by Crippen LogP contribution is 2.30. The molecule has 1 aliphatic heterocycles. The van der Waals surface area contributed by atoms with Crippen molar-refractivity contribution in [1.82, 2.24) is 24.6 Å². The molecule has 5 rings (SSSR count). The molecule has 0 radical (unpaired) electrons. The number of anilines is 3. The van der Waals surface area contributed by atoms with Crippen molar-refractivity contribution in [1.29, 1.82) is 0 Å². The van der Waals surface area contributed by atoms with E-state index in [0.29, 0.717) is 11.6 Å². The van der Waals surface area contributed by atoms with Crippen LogP contribution in [0.4, 0.5) is 21.7 Å². The first kappa shape index (κ1) is 20.7. The molecule has 4 aromatic heterocycles. The molecule has 0 unspecified atom stereocenters. The van der Waals surface area contributed by atoms with Crippen molar-refractivity contribution in [3.8, 4) is 11.4 Å². The van der Waals surface area contributed by atoms with Gasteiger partial charge in [-0.2, -0.15) is 9.61 Å². The number of fused-ring (bicyclic) bond motifs is 1. The Labute approximate surface area is 181 Å². The normalized spacial score (nSPS) is 13.6. The molecular weight excluding hydrogens is 393 g/mol. The van der Waals surface area contributed by atoms with Crippen LogP contribution in [0.15, 0.2) is 55.1 Å². The van der Waals surface area contributed by atoms with Crippen molar-refractivity contribution in [3.05, 3.63) is 60.9 Å². The van der Waals surface area contributed by atoms with Crippen molar-refractivity contribution in [2.75, 3.05) is 23.3 Å². The first-order chi connectivity index (χ1) is 15.3. The van der Waals surface area contributed by atoms with Crippen LogP contribution in [0.2, 0.25) is 0 Å². The molecule has 1 fully saturated rings. The van der Waals surface area contributed by atoms with Crippen LogP contribution in [-0.4, -0.2) is 37.7 Å². The maximum Gasteiger partial charge on any atom is 0.229 e. The van der Waals surface area contributed by atoms with Crippen LogP contribution in [0.3, 0.4) is 0 Å². The number of rotatable bonds is 4. The second-order valence-electron chi connectivity index (χ2n) is 7.04. The summed E-state index contributed by atoms with van der Waals surface area (Å²) in [5.74, 6) is 0.137. The molecule has 0 aromatic carbocycles. The minimum Gasteiger partial charge on any atom is -0.370 e. The average molecular weight is 420 g/mol. The zero-order valence-electron chi connectivity index (χ0n) is 17.8. The maximum atomic E-state index is 14.2.